The van der Waals surface area contributed by atoms with Gasteiger partial charge in [-0.2, -0.15) is 0 Å². The predicted octanol–water partition coefficient (Wildman–Crippen LogP) is 2.43. The molecule has 138 valence electrons. The number of carbonyl (C=O) groups is 1. The first kappa shape index (κ1) is 18.2. The van der Waals surface area contributed by atoms with Gasteiger partial charge in [0, 0.05) is 19.1 Å². The number of benzene rings is 1. The lowest BCUT2D eigenvalue weighted by molar-refractivity contribution is -0.133. The van der Waals surface area contributed by atoms with E-state index < -0.39 is 0 Å². The van der Waals surface area contributed by atoms with Crippen molar-refractivity contribution in [3.8, 4) is 5.75 Å². The molecule has 5 nitrogen and oxygen atoms in total. The van der Waals surface area contributed by atoms with E-state index in [1.165, 1.54) is 18.4 Å². The fourth-order valence-corrected chi connectivity index (χ4v) is 4.08. The topological polar surface area (TPSA) is 44.8 Å². The lowest BCUT2D eigenvalue weighted by atomic mass is 10.0. The van der Waals surface area contributed by atoms with E-state index >= 15 is 0 Å². The zero-order valence-corrected chi connectivity index (χ0v) is 15.5. The summed E-state index contributed by atoms with van der Waals surface area (Å²) in [5.41, 5.74) is 1.22. The average Bonchev–Trinajstić information content (AvgIpc) is 3.13. The SMILES string of the molecule is CCOc1ccc(C2CCCN2C(=O)CN2CCCC(NC)C2)cc1. The van der Waals surface area contributed by atoms with Crippen molar-refractivity contribution in [1.29, 1.82) is 0 Å². The summed E-state index contributed by atoms with van der Waals surface area (Å²) in [6, 6.07) is 8.98. The predicted molar refractivity (Wildman–Crippen MR) is 99.8 cm³/mol. The van der Waals surface area contributed by atoms with E-state index in [9.17, 15) is 4.79 Å². The van der Waals surface area contributed by atoms with Gasteiger partial charge in [-0.25, -0.2) is 0 Å². The lowest BCUT2D eigenvalue weighted by Gasteiger charge is -2.34. The van der Waals surface area contributed by atoms with Crippen molar-refractivity contribution in [2.24, 2.45) is 0 Å². The third-order valence-electron chi connectivity index (χ3n) is 5.42. The minimum atomic E-state index is 0.216. The molecule has 1 amide bonds. The molecule has 1 aromatic carbocycles. The largest absolute Gasteiger partial charge is 0.494 e. The maximum Gasteiger partial charge on any atom is 0.237 e. The van der Waals surface area contributed by atoms with Crippen LogP contribution in [0, 0.1) is 0 Å². The van der Waals surface area contributed by atoms with Crippen LogP contribution in [0.1, 0.15) is 44.2 Å². The zero-order valence-electron chi connectivity index (χ0n) is 15.5. The second-order valence-electron chi connectivity index (χ2n) is 7.11. The molecule has 0 aliphatic carbocycles. The number of amides is 1. The monoisotopic (exact) mass is 345 g/mol. The highest BCUT2D eigenvalue weighted by Gasteiger charge is 2.31. The van der Waals surface area contributed by atoms with Gasteiger partial charge in [0.05, 0.1) is 19.2 Å². The number of hydrogen-bond acceptors (Lipinski definition) is 4. The molecular formula is C20H31N3O2. The number of nitrogens with zero attached hydrogens (tertiary/aromatic N) is 2. The van der Waals surface area contributed by atoms with E-state index in [1.807, 2.05) is 26.1 Å². The zero-order chi connectivity index (χ0) is 17.6. The Kier molecular flexibility index (Phi) is 6.32. The molecule has 0 saturated carbocycles. The van der Waals surface area contributed by atoms with E-state index in [0.717, 1.165) is 38.2 Å². The van der Waals surface area contributed by atoms with Crippen LogP contribution in [0.3, 0.4) is 0 Å². The van der Waals surface area contributed by atoms with Gasteiger partial charge >= 0.3 is 0 Å². The highest BCUT2D eigenvalue weighted by atomic mass is 16.5. The van der Waals surface area contributed by atoms with Crippen molar-refractivity contribution in [2.75, 3.05) is 39.8 Å². The molecule has 2 aliphatic rings. The van der Waals surface area contributed by atoms with Crippen LogP contribution in [0.15, 0.2) is 24.3 Å². The first-order valence-electron chi connectivity index (χ1n) is 9.63. The molecule has 2 saturated heterocycles. The first-order chi connectivity index (χ1) is 12.2. The van der Waals surface area contributed by atoms with Crippen molar-refractivity contribution in [2.45, 2.75) is 44.7 Å². The minimum Gasteiger partial charge on any atom is -0.494 e. The molecule has 1 N–H and O–H groups in total. The molecule has 2 atom stereocenters. The quantitative estimate of drug-likeness (QED) is 0.860. The molecule has 0 aromatic heterocycles. The summed E-state index contributed by atoms with van der Waals surface area (Å²) in [5, 5.41) is 3.35. The van der Waals surface area contributed by atoms with Crippen LogP contribution in [0.2, 0.25) is 0 Å². The van der Waals surface area contributed by atoms with Crippen molar-refractivity contribution in [3.05, 3.63) is 29.8 Å². The summed E-state index contributed by atoms with van der Waals surface area (Å²) < 4.78 is 5.53. The highest BCUT2D eigenvalue weighted by Crippen LogP contribution is 2.33. The maximum atomic E-state index is 12.9. The second-order valence-corrected chi connectivity index (χ2v) is 7.11. The van der Waals surface area contributed by atoms with Gasteiger partial charge in [0.2, 0.25) is 5.91 Å². The highest BCUT2D eigenvalue weighted by molar-refractivity contribution is 5.79. The molecule has 25 heavy (non-hydrogen) atoms. The second kappa shape index (κ2) is 8.68. The fraction of sp³-hybridized carbons (Fsp3) is 0.650. The summed E-state index contributed by atoms with van der Waals surface area (Å²) >= 11 is 0. The third-order valence-corrected chi connectivity index (χ3v) is 5.42. The minimum absolute atomic E-state index is 0.216. The van der Waals surface area contributed by atoms with Crippen LogP contribution in [0.25, 0.3) is 0 Å². The van der Waals surface area contributed by atoms with Gasteiger partial charge in [0.25, 0.3) is 0 Å². The molecular weight excluding hydrogens is 314 g/mol. The summed E-state index contributed by atoms with van der Waals surface area (Å²) in [6.45, 7) is 6.10. The van der Waals surface area contributed by atoms with E-state index in [0.29, 0.717) is 19.2 Å². The number of rotatable bonds is 6. The Bertz CT molecular complexity index is 561. The fourth-order valence-electron chi connectivity index (χ4n) is 4.08. The summed E-state index contributed by atoms with van der Waals surface area (Å²) in [4.78, 5) is 17.3. The normalized spacial score (nSPS) is 24.5. The number of nitrogens with one attached hydrogen (secondary N) is 1. The molecule has 2 aliphatic heterocycles. The molecule has 3 rings (SSSR count). The third kappa shape index (κ3) is 4.53. The van der Waals surface area contributed by atoms with Crippen molar-refractivity contribution in [1.82, 2.24) is 15.1 Å². The van der Waals surface area contributed by atoms with Gasteiger partial charge in [-0.05, 0) is 63.9 Å². The van der Waals surface area contributed by atoms with E-state index in [-0.39, 0.29) is 11.9 Å². The Morgan fingerprint density at radius 1 is 1.20 bits per heavy atom. The first-order valence-corrected chi connectivity index (χ1v) is 9.63. The summed E-state index contributed by atoms with van der Waals surface area (Å²) in [5.74, 6) is 1.17. The van der Waals surface area contributed by atoms with E-state index in [2.05, 4.69) is 27.2 Å². The number of ether oxygens (including phenoxy) is 1. The number of carbonyl (C=O) groups excluding carboxylic acids is 1. The van der Waals surface area contributed by atoms with Gasteiger partial charge in [0.1, 0.15) is 5.75 Å². The number of hydrogen-bond donors (Lipinski definition) is 1. The molecule has 2 unspecified atom stereocenters. The molecule has 2 heterocycles. The Labute approximate surface area is 151 Å². The number of likely N-dealkylation sites (N-methyl/N-ethyl adjacent to an activating group) is 1. The van der Waals surface area contributed by atoms with Crippen molar-refractivity contribution < 1.29 is 9.53 Å². The summed E-state index contributed by atoms with van der Waals surface area (Å²) in [7, 11) is 2.01. The van der Waals surface area contributed by atoms with Crippen LogP contribution in [-0.4, -0.2) is 61.6 Å². The van der Waals surface area contributed by atoms with Crippen molar-refractivity contribution >= 4 is 5.91 Å². The van der Waals surface area contributed by atoms with Gasteiger partial charge in [-0.1, -0.05) is 12.1 Å². The molecule has 0 bridgehead atoms. The molecule has 0 spiro atoms. The molecule has 2 fully saturated rings. The number of piperidine rings is 1. The Morgan fingerprint density at radius 2 is 1.96 bits per heavy atom. The summed E-state index contributed by atoms with van der Waals surface area (Å²) in [6.07, 6.45) is 4.52. The van der Waals surface area contributed by atoms with Crippen LogP contribution in [-0.2, 0) is 4.79 Å². The maximum absolute atomic E-state index is 12.9. The van der Waals surface area contributed by atoms with Gasteiger partial charge in [-0.3, -0.25) is 9.69 Å². The van der Waals surface area contributed by atoms with Crippen LogP contribution >= 0.6 is 0 Å². The van der Waals surface area contributed by atoms with Gasteiger partial charge in [-0.15, -0.1) is 0 Å². The van der Waals surface area contributed by atoms with Crippen molar-refractivity contribution in [3.63, 3.8) is 0 Å². The standard InChI is InChI=1S/C20H31N3O2/c1-3-25-18-10-8-16(9-11-18)19-7-5-13-23(19)20(24)15-22-12-4-6-17(14-22)21-2/h8-11,17,19,21H,3-7,12-15H2,1-2H3. The molecule has 1 aromatic rings. The Morgan fingerprint density at radius 3 is 2.68 bits per heavy atom. The Hall–Kier alpha value is -1.59. The van der Waals surface area contributed by atoms with Gasteiger partial charge in [0.15, 0.2) is 0 Å². The van der Waals surface area contributed by atoms with E-state index in [4.69, 9.17) is 4.74 Å². The van der Waals surface area contributed by atoms with E-state index in [1.54, 1.807) is 0 Å². The molecule has 5 heteroatoms. The average molecular weight is 345 g/mol. The molecule has 0 radical (unpaired) electrons. The van der Waals surface area contributed by atoms with Gasteiger partial charge < -0.3 is 15.0 Å². The van der Waals surface area contributed by atoms with Crippen LogP contribution in [0.4, 0.5) is 0 Å². The van der Waals surface area contributed by atoms with Crippen LogP contribution in [0.5, 0.6) is 5.75 Å². The van der Waals surface area contributed by atoms with Crippen LogP contribution < -0.4 is 10.1 Å². The Balaban J connectivity index is 1.61. The number of likely N-dealkylation sites (tertiary alicyclic amines) is 2. The lowest BCUT2D eigenvalue weighted by Crippen LogP contribution is -2.48. The smallest absolute Gasteiger partial charge is 0.237 e.